The lowest BCUT2D eigenvalue weighted by Gasteiger charge is -2.14. The van der Waals surface area contributed by atoms with Gasteiger partial charge < -0.3 is 14.8 Å². The van der Waals surface area contributed by atoms with Crippen LogP contribution in [0.4, 0.5) is 5.69 Å². The third-order valence-electron chi connectivity index (χ3n) is 4.70. The molecule has 1 amide bonds. The molecule has 2 N–H and O–H groups in total. The van der Waals surface area contributed by atoms with Gasteiger partial charge in [-0.25, -0.2) is 13.4 Å². The van der Waals surface area contributed by atoms with Crippen LogP contribution in [0.2, 0.25) is 0 Å². The number of hydrogen-bond donors (Lipinski definition) is 2. The molecule has 1 unspecified atom stereocenters. The average molecular weight is 456 g/mol. The van der Waals surface area contributed by atoms with Crippen LogP contribution in [0.3, 0.4) is 0 Å². The van der Waals surface area contributed by atoms with E-state index in [1.54, 1.807) is 48.5 Å². The van der Waals surface area contributed by atoms with Gasteiger partial charge in [0, 0.05) is 17.9 Å². The maximum atomic E-state index is 12.6. The highest BCUT2D eigenvalue weighted by Gasteiger charge is 2.17. The van der Waals surface area contributed by atoms with Crippen LogP contribution in [-0.2, 0) is 10.0 Å². The van der Waals surface area contributed by atoms with Crippen LogP contribution < -0.4 is 19.5 Å². The number of nitrogens with zero attached hydrogens (tertiary/aromatic N) is 1. The first-order valence-corrected chi connectivity index (χ1v) is 11.5. The van der Waals surface area contributed by atoms with Crippen molar-refractivity contribution in [1.82, 2.24) is 10.3 Å². The first kappa shape index (κ1) is 23.1. The molecule has 0 bridgehead atoms. The molecule has 0 radical (unpaired) electrons. The molecular weight excluding hydrogens is 430 g/mol. The molecule has 32 heavy (non-hydrogen) atoms. The molecule has 1 aromatic heterocycles. The van der Waals surface area contributed by atoms with Gasteiger partial charge in [0.2, 0.25) is 5.88 Å². The monoisotopic (exact) mass is 455 g/mol. The second-order valence-electron chi connectivity index (χ2n) is 7.05. The van der Waals surface area contributed by atoms with Crippen LogP contribution in [0.15, 0.2) is 71.8 Å². The van der Waals surface area contributed by atoms with Crippen LogP contribution in [0.1, 0.15) is 30.6 Å². The summed E-state index contributed by atoms with van der Waals surface area (Å²) in [4.78, 5) is 16.8. The Kier molecular flexibility index (Phi) is 7.32. The molecule has 168 valence electrons. The summed E-state index contributed by atoms with van der Waals surface area (Å²) in [6.07, 6.45) is 2.34. The van der Waals surface area contributed by atoms with Gasteiger partial charge in [0.1, 0.15) is 17.1 Å². The van der Waals surface area contributed by atoms with E-state index in [2.05, 4.69) is 15.0 Å². The van der Waals surface area contributed by atoms with Gasteiger partial charge in [0.15, 0.2) is 0 Å². The molecule has 0 spiro atoms. The molecule has 8 nitrogen and oxygen atoms in total. The Balaban J connectivity index is 1.72. The van der Waals surface area contributed by atoms with Crippen molar-refractivity contribution < 1.29 is 22.7 Å². The van der Waals surface area contributed by atoms with Crippen molar-refractivity contribution in [3.05, 3.63) is 72.4 Å². The Morgan fingerprint density at radius 3 is 2.31 bits per heavy atom. The summed E-state index contributed by atoms with van der Waals surface area (Å²) in [6, 6.07) is 15.7. The van der Waals surface area contributed by atoms with Crippen LogP contribution in [0, 0.1) is 0 Å². The van der Waals surface area contributed by atoms with E-state index < -0.39 is 10.0 Å². The van der Waals surface area contributed by atoms with Crippen molar-refractivity contribution in [2.24, 2.45) is 0 Å². The van der Waals surface area contributed by atoms with E-state index in [1.165, 1.54) is 25.4 Å². The smallest absolute Gasteiger partial charge is 0.261 e. The molecule has 0 saturated heterocycles. The van der Waals surface area contributed by atoms with Crippen LogP contribution >= 0.6 is 0 Å². The second-order valence-corrected chi connectivity index (χ2v) is 8.73. The number of amides is 1. The molecule has 3 aromatic rings. The lowest BCUT2D eigenvalue weighted by Crippen LogP contribution is -2.32. The average Bonchev–Trinajstić information content (AvgIpc) is 2.80. The molecule has 1 atom stereocenters. The Hall–Kier alpha value is -3.59. The largest absolute Gasteiger partial charge is 0.497 e. The second kappa shape index (κ2) is 10.1. The SMILES string of the molecule is CCC(C)NC(=O)c1cccnc1Oc1ccc(NS(=O)(=O)c2ccc(OC)cc2)cc1. The minimum Gasteiger partial charge on any atom is -0.497 e. The number of methoxy groups -OCH3 is 1. The molecule has 1 heterocycles. The van der Waals surface area contributed by atoms with Gasteiger partial charge in [-0.05, 0) is 74.0 Å². The van der Waals surface area contributed by atoms with Crippen molar-refractivity contribution in [1.29, 1.82) is 0 Å². The number of nitrogens with one attached hydrogen (secondary N) is 2. The maximum absolute atomic E-state index is 12.6. The number of carbonyl (C=O) groups excluding carboxylic acids is 1. The fourth-order valence-electron chi connectivity index (χ4n) is 2.72. The topological polar surface area (TPSA) is 107 Å². The summed E-state index contributed by atoms with van der Waals surface area (Å²) >= 11 is 0. The van der Waals surface area contributed by atoms with Gasteiger partial charge in [0.05, 0.1) is 12.0 Å². The molecule has 2 aromatic carbocycles. The van der Waals surface area contributed by atoms with Gasteiger partial charge in [-0.1, -0.05) is 6.92 Å². The first-order valence-electron chi connectivity index (χ1n) is 10.0. The highest BCUT2D eigenvalue weighted by atomic mass is 32.2. The zero-order chi connectivity index (χ0) is 23.1. The van der Waals surface area contributed by atoms with Crippen LogP contribution in [0.25, 0.3) is 0 Å². The third kappa shape index (κ3) is 5.76. The van der Waals surface area contributed by atoms with E-state index in [0.717, 1.165) is 6.42 Å². The zero-order valence-electron chi connectivity index (χ0n) is 18.0. The summed E-state index contributed by atoms with van der Waals surface area (Å²) in [5.74, 6) is 0.872. The number of sulfonamides is 1. The summed E-state index contributed by atoms with van der Waals surface area (Å²) in [6.45, 7) is 3.90. The van der Waals surface area contributed by atoms with E-state index in [4.69, 9.17) is 9.47 Å². The number of anilines is 1. The third-order valence-corrected chi connectivity index (χ3v) is 6.09. The number of carbonyl (C=O) groups is 1. The molecular formula is C23H25N3O5S. The molecule has 0 aliphatic rings. The number of ether oxygens (including phenoxy) is 2. The predicted octanol–water partition coefficient (Wildman–Crippen LogP) is 4.21. The Morgan fingerprint density at radius 2 is 1.69 bits per heavy atom. The van der Waals surface area contributed by atoms with E-state index in [0.29, 0.717) is 22.7 Å². The Labute approximate surface area is 187 Å². The molecule has 0 fully saturated rings. The van der Waals surface area contributed by atoms with E-state index in [-0.39, 0.29) is 22.7 Å². The highest BCUT2D eigenvalue weighted by molar-refractivity contribution is 7.92. The highest BCUT2D eigenvalue weighted by Crippen LogP contribution is 2.26. The van der Waals surface area contributed by atoms with Crippen LogP contribution in [-0.4, -0.2) is 32.5 Å². The fraction of sp³-hybridized carbons (Fsp3) is 0.217. The van der Waals surface area contributed by atoms with Crippen molar-refractivity contribution >= 4 is 21.6 Å². The van der Waals surface area contributed by atoms with E-state index >= 15 is 0 Å². The molecule has 9 heteroatoms. The van der Waals surface area contributed by atoms with Gasteiger partial charge in [-0.15, -0.1) is 0 Å². The zero-order valence-corrected chi connectivity index (χ0v) is 18.8. The van der Waals surface area contributed by atoms with Gasteiger partial charge in [0.25, 0.3) is 15.9 Å². The number of aromatic nitrogens is 1. The number of hydrogen-bond acceptors (Lipinski definition) is 6. The van der Waals surface area contributed by atoms with Gasteiger partial charge >= 0.3 is 0 Å². The lowest BCUT2D eigenvalue weighted by atomic mass is 10.2. The lowest BCUT2D eigenvalue weighted by molar-refractivity contribution is 0.0936. The summed E-state index contributed by atoms with van der Waals surface area (Å²) in [5, 5.41) is 2.89. The molecule has 0 saturated carbocycles. The summed E-state index contributed by atoms with van der Waals surface area (Å²) in [7, 11) is -2.24. The van der Waals surface area contributed by atoms with Gasteiger partial charge in [-0.2, -0.15) is 0 Å². The molecule has 0 aliphatic carbocycles. The van der Waals surface area contributed by atoms with Crippen molar-refractivity contribution in [2.45, 2.75) is 31.2 Å². The summed E-state index contributed by atoms with van der Waals surface area (Å²) in [5.41, 5.74) is 0.681. The maximum Gasteiger partial charge on any atom is 0.261 e. The minimum absolute atomic E-state index is 0.0218. The minimum atomic E-state index is -3.75. The quantitative estimate of drug-likeness (QED) is 0.501. The van der Waals surface area contributed by atoms with Crippen molar-refractivity contribution in [2.75, 3.05) is 11.8 Å². The molecule has 0 aliphatic heterocycles. The molecule has 3 rings (SSSR count). The van der Waals surface area contributed by atoms with Crippen molar-refractivity contribution in [3.8, 4) is 17.4 Å². The van der Waals surface area contributed by atoms with Crippen LogP contribution in [0.5, 0.6) is 17.4 Å². The summed E-state index contributed by atoms with van der Waals surface area (Å²) < 4.78 is 38.5. The Bertz CT molecular complexity index is 1160. The van der Waals surface area contributed by atoms with E-state index in [9.17, 15) is 13.2 Å². The number of rotatable bonds is 9. The predicted molar refractivity (Wildman–Crippen MR) is 122 cm³/mol. The standard InChI is InChI=1S/C23H25N3O5S/c1-4-16(2)25-22(27)21-6-5-15-24-23(21)31-19-9-7-17(8-10-19)26-32(28,29)20-13-11-18(30-3)12-14-20/h5-16,26H,4H2,1-3H3,(H,25,27). The number of benzene rings is 2. The van der Waals surface area contributed by atoms with E-state index in [1.807, 2.05) is 13.8 Å². The first-order chi connectivity index (χ1) is 15.3. The normalized spacial score (nSPS) is 12.0. The Morgan fingerprint density at radius 1 is 1.03 bits per heavy atom. The van der Waals surface area contributed by atoms with Crippen molar-refractivity contribution in [3.63, 3.8) is 0 Å². The fourth-order valence-corrected chi connectivity index (χ4v) is 3.78. The number of pyridine rings is 1. The van der Waals surface area contributed by atoms with Gasteiger partial charge in [-0.3, -0.25) is 9.52 Å².